The van der Waals surface area contributed by atoms with Crippen LogP contribution in [0.4, 0.5) is 5.69 Å². The van der Waals surface area contributed by atoms with Crippen LogP contribution in [0.2, 0.25) is 0 Å². The van der Waals surface area contributed by atoms with Gasteiger partial charge in [-0.05, 0) is 30.4 Å². The number of non-ortho nitro benzene ring substituents is 1. The Bertz CT molecular complexity index is 587. The Hall–Kier alpha value is -1.47. The lowest BCUT2D eigenvalue weighted by molar-refractivity contribution is -0.384. The van der Waals surface area contributed by atoms with Crippen LogP contribution < -0.4 is 0 Å². The van der Waals surface area contributed by atoms with E-state index < -0.39 is 14.9 Å². The molecular formula is C13H18N2O4S. The smallest absolute Gasteiger partial charge is 0.258 e. The van der Waals surface area contributed by atoms with Crippen LogP contribution in [0.1, 0.15) is 20.3 Å². The van der Waals surface area contributed by atoms with Gasteiger partial charge in [-0.1, -0.05) is 13.8 Å². The van der Waals surface area contributed by atoms with E-state index in [1.54, 1.807) is 0 Å². The summed E-state index contributed by atoms with van der Waals surface area (Å²) in [6.45, 7) is 5.08. The normalized spacial score (nSPS) is 24.5. The van der Waals surface area contributed by atoms with Gasteiger partial charge in [-0.3, -0.25) is 10.1 Å². The summed E-state index contributed by atoms with van der Waals surface area (Å²) in [5, 5.41) is 10.6. The van der Waals surface area contributed by atoms with Gasteiger partial charge in [-0.25, -0.2) is 8.42 Å². The van der Waals surface area contributed by atoms with E-state index in [0.29, 0.717) is 24.9 Å². The molecule has 2 rings (SSSR count). The average molecular weight is 298 g/mol. The second-order valence-electron chi connectivity index (χ2n) is 5.52. The maximum atomic E-state index is 12.5. The van der Waals surface area contributed by atoms with Gasteiger partial charge >= 0.3 is 0 Å². The van der Waals surface area contributed by atoms with Crippen molar-refractivity contribution in [2.75, 3.05) is 13.1 Å². The maximum Gasteiger partial charge on any atom is 0.269 e. The van der Waals surface area contributed by atoms with Crippen LogP contribution in [-0.4, -0.2) is 30.7 Å². The zero-order valence-corrected chi connectivity index (χ0v) is 12.3. The lowest BCUT2D eigenvalue weighted by Crippen LogP contribution is -2.42. The van der Waals surface area contributed by atoms with Crippen LogP contribution in [0.25, 0.3) is 0 Å². The van der Waals surface area contributed by atoms with Gasteiger partial charge in [-0.15, -0.1) is 0 Å². The van der Waals surface area contributed by atoms with Gasteiger partial charge in [0.15, 0.2) is 0 Å². The molecule has 0 aromatic heterocycles. The molecule has 0 amide bonds. The molecule has 1 fully saturated rings. The van der Waals surface area contributed by atoms with E-state index in [4.69, 9.17) is 0 Å². The summed E-state index contributed by atoms with van der Waals surface area (Å²) < 4.78 is 26.5. The first-order chi connectivity index (χ1) is 9.30. The van der Waals surface area contributed by atoms with E-state index in [-0.39, 0.29) is 10.6 Å². The molecule has 0 radical (unpaired) electrons. The first-order valence-electron chi connectivity index (χ1n) is 6.55. The third-order valence-electron chi connectivity index (χ3n) is 3.52. The van der Waals surface area contributed by atoms with Crippen molar-refractivity contribution in [1.29, 1.82) is 0 Å². The monoisotopic (exact) mass is 298 g/mol. The van der Waals surface area contributed by atoms with Crippen molar-refractivity contribution < 1.29 is 13.3 Å². The van der Waals surface area contributed by atoms with Gasteiger partial charge in [0.05, 0.1) is 9.82 Å². The topological polar surface area (TPSA) is 80.5 Å². The van der Waals surface area contributed by atoms with E-state index >= 15 is 0 Å². The largest absolute Gasteiger partial charge is 0.269 e. The Morgan fingerprint density at radius 2 is 1.65 bits per heavy atom. The molecule has 1 heterocycles. The molecule has 1 aromatic carbocycles. The molecule has 0 N–H and O–H groups in total. The number of nitrogens with zero attached hydrogens (tertiary/aromatic N) is 2. The molecule has 0 unspecified atom stereocenters. The zero-order chi connectivity index (χ0) is 14.9. The minimum atomic E-state index is -3.56. The van der Waals surface area contributed by atoms with Crippen molar-refractivity contribution in [2.24, 2.45) is 11.8 Å². The van der Waals surface area contributed by atoms with E-state index in [9.17, 15) is 18.5 Å². The second-order valence-corrected chi connectivity index (χ2v) is 7.46. The summed E-state index contributed by atoms with van der Waals surface area (Å²) in [6.07, 6.45) is 1.02. The quantitative estimate of drug-likeness (QED) is 0.633. The van der Waals surface area contributed by atoms with Crippen molar-refractivity contribution in [1.82, 2.24) is 4.31 Å². The Labute approximate surface area is 118 Å². The van der Waals surface area contributed by atoms with E-state index in [1.165, 1.54) is 28.6 Å². The van der Waals surface area contributed by atoms with Crippen LogP contribution in [0.3, 0.4) is 0 Å². The van der Waals surface area contributed by atoms with Crippen LogP contribution in [0.5, 0.6) is 0 Å². The fourth-order valence-electron chi connectivity index (χ4n) is 2.69. The highest BCUT2D eigenvalue weighted by Crippen LogP contribution is 2.27. The predicted octanol–water partition coefficient (Wildman–Crippen LogP) is 2.26. The number of benzene rings is 1. The van der Waals surface area contributed by atoms with Crippen molar-refractivity contribution >= 4 is 15.7 Å². The predicted molar refractivity (Wildman–Crippen MR) is 74.8 cm³/mol. The molecule has 1 aromatic rings. The highest BCUT2D eigenvalue weighted by Gasteiger charge is 2.31. The van der Waals surface area contributed by atoms with Gasteiger partial charge in [0, 0.05) is 25.2 Å². The lowest BCUT2D eigenvalue weighted by Gasteiger charge is -2.34. The lowest BCUT2D eigenvalue weighted by atomic mass is 9.94. The summed E-state index contributed by atoms with van der Waals surface area (Å²) in [5.41, 5.74) is -0.107. The fourth-order valence-corrected chi connectivity index (χ4v) is 4.37. The Kier molecular flexibility index (Phi) is 4.10. The van der Waals surface area contributed by atoms with Gasteiger partial charge < -0.3 is 0 Å². The molecule has 0 spiro atoms. The summed E-state index contributed by atoms with van der Waals surface area (Å²) in [6, 6.07) is 5.06. The molecule has 0 saturated carbocycles. The number of hydrogen-bond donors (Lipinski definition) is 0. The number of rotatable bonds is 3. The Morgan fingerprint density at radius 1 is 1.15 bits per heavy atom. The highest BCUT2D eigenvalue weighted by molar-refractivity contribution is 7.89. The first kappa shape index (κ1) is 14.9. The fraction of sp³-hybridized carbons (Fsp3) is 0.538. The van der Waals surface area contributed by atoms with Crippen molar-refractivity contribution in [3.8, 4) is 0 Å². The van der Waals surface area contributed by atoms with E-state index in [0.717, 1.165) is 6.42 Å². The molecule has 1 aliphatic rings. The van der Waals surface area contributed by atoms with Gasteiger partial charge in [0.1, 0.15) is 0 Å². The summed E-state index contributed by atoms with van der Waals surface area (Å²) in [7, 11) is -3.56. The summed E-state index contributed by atoms with van der Waals surface area (Å²) in [4.78, 5) is 10.2. The highest BCUT2D eigenvalue weighted by atomic mass is 32.2. The van der Waals surface area contributed by atoms with E-state index in [1.807, 2.05) is 13.8 Å². The summed E-state index contributed by atoms with van der Waals surface area (Å²) in [5.74, 6) is 0.651. The molecule has 1 aliphatic heterocycles. The molecule has 110 valence electrons. The van der Waals surface area contributed by atoms with Crippen LogP contribution >= 0.6 is 0 Å². The molecule has 20 heavy (non-hydrogen) atoms. The second kappa shape index (κ2) is 5.49. The molecule has 7 heteroatoms. The molecule has 0 bridgehead atoms. The van der Waals surface area contributed by atoms with E-state index in [2.05, 4.69) is 0 Å². The number of hydrogen-bond acceptors (Lipinski definition) is 4. The Balaban J connectivity index is 2.27. The standard InChI is InChI=1S/C13H18N2O4S/c1-10-7-11(2)9-14(8-10)20(18,19)13-5-3-12(4-6-13)15(16)17/h3-6,10-11H,7-9H2,1-2H3/t10-,11-/m0/s1. The molecule has 2 atom stereocenters. The minimum Gasteiger partial charge on any atom is -0.258 e. The van der Waals surface area contributed by atoms with Crippen molar-refractivity contribution in [3.63, 3.8) is 0 Å². The molecular weight excluding hydrogens is 280 g/mol. The summed E-state index contributed by atoms with van der Waals surface area (Å²) >= 11 is 0. The number of nitro groups is 1. The number of piperidine rings is 1. The van der Waals surface area contributed by atoms with Gasteiger partial charge in [-0.2, -0.15) is 4.31 Å². The third-order valence-corrected chi connectivity index (χ3v) is 5.37. The van der Waals surface area contributed by atoms with Gasteiger partial charge in [0.25, 0.3) is 5.69 Å². The van der Waals surface area contributed by atoms with Crippen LogP contribution in [-0.2, 0) is 10.0 Å². The minimum absolute atomic E-state index is 0.107. The number of nitro benzene ring substituents is 1. The molecule has 1 saturated heterocycles. The van der Waals surface area contributed by atoms with Crippen LogP contribution in [0.15, 0.2) is 29.2 Å². The average Bonchev–Trinajstić information content (AvgIpc) is 2.37. The Morgan fingerprint density at radius 3 is 2.10 bits per heavy atom. The van der Waals surface area contributed by atoms with Crippen molar-refractivity contribution in [3.05, 3.63) is 34.4 Å². The van der Waals surface area contributed by atoms with Gasteiger partial charge in [0.2, 0.25) is 10.0 Å². The SMILES string of the molecule is C[C@H]1C[C@H](C)CN(S(=O)(=O)c2ccc([N+](=O)[O-])cc2)C1. The zero-order valence-electron chi connectivity index (χ0n) is 11.5. The molecule has 6 nitrogen and oxygen atoms in total. The molecule has 0 aliphatic carbocycles. The maximum absolute atomic E-state index is 12.5. The third kappa shape index (κ3) is 2.99. The first-order valence-corrected chi connectivity index (χ1v) is 7.99. The number of sulfonamides is 1. The van der Waals surface area contributed by atoms with Crippen molar-refractivity contribution in [2.45, 2.75) is 25.2 Å². The van der Waals surface area contributed by atoms with Crippen LogP contribution in [0, 0.1) is 22.0 Å².